The van der Waals surface area contributed by atoms with E-state index in [0.29, 0.717) is 5.25 Å². The molecule has 1 fully saturated rings. The molecule has 1 aromatic rings. The first kappa shape index (κ1) is 16.7. The van der Waals surface area contributed by atoms with Crippen molar-refractivity contribution in [1.82, 2.24) is 10.2 Å². The lowest BCUT2D eigenvalue weighted by Gasteiger charge is -2.23. The number of para-hydroxylation sites is 1. The van der Waals surface area contributed by atoms with Crippen LogP contribution in [0.15, 0.2) is 30.3 Å². The first-order valence-corrected chi connectivity index (χ1v) is 8.88. The molecule has 1 saturated heterocycles. The van der Waals surface area contributed by atoms with Crippen LogP contribution >= 0.6 is 11.8 Å². The van der Waals surface area contributed by atoms with Crippen LogP contribution in [0.25, 0.3) is 0 Å². The highest BCUT2D eigenvalue weighted by Gasteiger charge is 2.21. The number of urea groups is 1. The Kier molecular flexibility index (Phi) is 6.58. The van der Waals surface area contributed by atoms with E-state index in [4.69, 9.17) is 0 Å². The number of benzene rings is 1. The van der Waals surface area contributed by atoms with Gasteiger partial charge in [-0.2, -0.15) is 11.8 Å². The standard InChI is InChI=1S/C16H23N3O2S/c1-22-14-9-5-6-10-19(12-14)16(21)17-11-15(20)18-13-7-3-2-4-8-13/h2-4,7-8,14H,5-6,9-12H2,1H3,(H,17,21)(H,18,20)/t14-/m0/s1. The van der Waals surface area contributed by atoms with Crippen molar-refractivity contribution in [2.24, 2.45) is 0 Å². The summed E-state index contributed by atoms with van der Waals surface area (Å²) in [5, 5.41) is 5.96. The second-order valence-electron chi connectivity index (χ2n) is 5.37. The summed E-state index contributed by atoms with van der Waals surface area (Å²) in [5.74, 6) is -0.212. The van der Waals surface area contributed by atoms with Gasteiger partial charge in [0, 0.05) is 24.0 Å². The van der Waals surface area contributed by atoms with Crippen molar-refractivity contribution in [3.63, 3.8) is 0 Å². The Morgan fingerprint density at radius 2 is 2.05 bits per heavy atom. The lowest BCUT2D eigenvalue weighted by Crippen LogP contribution is -2.45. The molecular weight excluding hydrogens is 298 g/mol. The summed E-state index contributed by atoms with van der Waals surface area (Å²) in [6, 6.07) is 9.08. The highest BCUT2D eigenvalue weighted by molar-refractivity contribution is 7.99. The Morgan fingerprint density at radius 1 is 1.27 bits per heavy atom. The number of amides is 3. The average Bonchev–Trinajstić information content (AvgIpc) is 2.79. The summed E-state index contributed by atoms with van der Waals surface area (Å²) < 4.78 is 0. The predicted octanol–water partition coefficient (Wildman–Crippen LogP) is 2.55. The van der Waals surface area contributed by atoms with Gasteiger partial charge in [0.25, 0.3) is 0 Å². The van der Waals surface area contributed by atoms with Gasteiger partial charge in [0.1, 0.15) is 0 Å². The van der Waals surface area contributed by atoms with Crippen LogP contribution < -0.4 is 10.6 Å². The average molecular weight is 321 g/mol. The normalized spacial score (nSPS) is 18.4. The molecular formula is C16H23N3O2S. The third kappa shape index (κ3) is 5.26. The highest BCUT2D eigenvalue weighted by Crippen LogP contribution is 2.19. The molecule has 0 unspecified atom stereocenters. The van der Waals surface area contributed by atoms with E-state index in [0.717, 1.165) is 38.0 Å². The van der Waals surface area contributed by atoms with Crippen molar-refractivity contribution in [2.75, 3.05) is 31.2 Å². The maximum absolute atomic E-state index is 12.2. The number of hydrogen-bond acceptors (Lipinski definition) is 3. The molecule has 1 atom stereocenters. The molecule has 5 nitrogen and oxygen atoms in total. The maximum atomic E-state index is 12.2. The third-order valence-corrected chi connectivity index (χ3v) is 4.76. The molecule has 0 aliphatic carbocycles. The van der Waals surface area contributed by atoms with E-state index in [1.54, 1.807) is 11.8 Å². The Balaban J connectivity index is 1.77. The van der Waals surface area contributed by atoms with Crippen LogP contribution in [0.4, 0.5) is 10.5 Å². The Bertz CT molecular complexity index is 495. The van der Waals surface area contributed by atoms with Crippen molar-refractivity contribution < 1.29 is 9.59 Å². The first-order chi connectivity index (χ1) is 10.7. The number of carbonyl (C=O) groups excluding carboxylic acids is 2. The fourth-order valence-corrected chi connectivity index (χ4v) is 3.21. The largest absolute Gasteiger partial charge is 0.329 e. The van der Waals surface area contributed by atoms with Gasteiger partial charge in [0.2, 0.25) is 5.91 Å². The van der Waals surface area contributed by atoms with Gasteiger partial charge in [-0.05, 0) is 31.2 Å². The maximum Gasteiger partial charge on any atom is 0.317 e. The van der Waals surface area contributed by atoms with Crippen LogP contribution in [0.2, 0.25) is 0 Å². The lowest BCUT2D eigenvalue weighted by molar-refractivity contribution is -0.115. The smallest absolute Gasteiger partial charge is 0.317 e. The topological polar surface area (TPSA) is 61.4 Å². The molecule has 1 aromatic carbocycles. The fourth-order valence-electron chi connectivity index (χ4n) is 2.47. The van der Waals surface area contributed by atoms with E-state index in [9.17, 15) is 9.59 Å². The zero-order chi connectivity index (χ0) is 15.8. The molecule has 1 aliphatic heterocycles. The van der Waals surface area contributed by atoms with Crippen LogP contribution in [0, 0.1) is 0 Å². The number of nitrogens with one attached hydrogen (secondary N) is 2. The van der Waals surface area contributed by atoms with Gasteiger partial charge < -0.3 is 15.5 Å². The number of nitrogens with zero attached hydrogens (tertiary/aromatic N) is 1. The number of rotatable bonds is 4. The number of likely N-dealkylation sites (tertiary alicyclic amines) is 1. The number of thioether (sulfide) groups is 1. The monoisotopic (exact) mass is 321 g/mol. The van der Waals surface area contributed by atoms with Gasteiger partial charge in [0.15, 0.2) is 0 Å². The minimum atomic E-state index is -0.212. The Hall–Kier alpha value is -1.69. The van der Waals surface area contributed by atoms with Crippen LogP contribution in [-0.2, 0) is 4.79 Å². The van der Waals surface area contributed by atoms with E-state index in [1.807, 2.05) is 35.2 Å². The minimum Gasteiger partial charge on any atom is -0.329 e. The van der Waals surface area contributed by atoms with Crippen molar-refractivity contribution >= 4 is 29.4 Å². The molecule has 0 saturated carbocycles. The zero-order valence-electron chi connectivity index (χ0n) is 12.9. The molecule has 1 aliphatic rings. The molecule has 0 radical (unpaired) electrons. The van der Waals surface area contributed by atoms with Gasteiger partial charge in [-0.25, -0.2) is 4.79 Å². The van der Waals surface area contributed by atoms with Crippen LogP contribution in [-0.4, -0.2) is 48.0 Å². The predicted molar refractivity (Wildman–Crippen MR) is 91.2 cm³/mol. The molecule has 0 bridgehead atoms. The summed E-state index contributed by atoms with van der Waals surface area (Å²) in [5.41, 5.74) is 0.735. The SMILES string of the molecule is CS[C@H]1CCCCN(C(=O)NCC(=O)Nc2ccccc2)C1. The van der Waals surface area contributed by atoms with E-state index in [2.05, 4.69) is 16.9 Å². The van der Waals surface area contributed by atoms with Gasteiger partial charge in [-0.3, -0.25) is 4.79 Å². The van der Waals surface area contributed by atoms with Crippen LogP contribution in [0.1, 0.15) is 19.3 Å². The Morgan fingerprint density at radius 3 is 2.77 bits per heavy atom. The zero-order valence-corrected chi connectivity index (χ0v) is 13.7. The molecule has 3 amide bonds. The van der Waals surface area contributed by atoms with Gasteiger partial charge in [0.05, 0.1) is 6.54 Å². The molecule has 2 N–H and O–H groups in total. The van der Waals surface area contributed by atoms with E-state index in [-0.39, 0.29) is 18.5 Å². The molecule has 0 spiro atoms. The molecule has 6 heteroatoms. The molecule has 22 heavy (non-hydrogen) atoms. The summed E-state index contributed by atoms with van der Waals surface area (Å²) in [6.07, 6.45) is 5.42. The second kappa shape index (κ2) is 8.68. The van der Waals surface area contributed by atoms with E-state index in [1.165, 1.54) is 0 Å². The fraction of sp³-hybridized carbons (Fsp3) is 0.500. The summed E-state index contributed by atoms with van der Waals surface area (Å²) >= 11 is 1.81. The number of hydrogen-bond donors (Lipinski definition) is 2. The van der Waals surface area contributed by atoms with Crippen molar-refractivity contribution in [1.29, 1.82) is 0 Å². The summed E-state index contributed by atoms with van der Waals surface area (Å²) in [7, 11) is 0. The molecule has 0 aromatic heterocycles. The first-order valence-electron chi connectivity index (χ1n) is 7.59. The third-order valence-electron chi connectivity index (χ3n) is 3.71. The van der Waals surface area contributed by atoms with Crippen LogP contribution in [0.3, 0.4) is 0 Å². The lowest BCUT2D eigenvalue weighted by atomic mass is 10.2. The Labute approximate surface area is 135 Å². The van der Waals surface area contributed by atoms with Crippen molar-refractivity contribution in [3.8, 4) is 0 Å². The molecule has 1 heterocycles. The highest BCUT2D eigenvalue weighted by atomic mass is 32.2. The number of carbonyl (C=O) groups is 2. The van der Waals surface area contributed by atoms with Crippen LogP contribution in [0.5, 0.6) is 0 Å². The molecule has 120 valence electrons. The second-order valence-corrected chi connectivity index (χ2v) is 6.51. The number of anilines is 1. The van der Waals surface area contributed by atoms with Gasteiger partial charge >= 0.3 is 6.03 Å². The van der Waals surface area contributed by atoms with Gasteiger partial charge in [-0.15, -0.1) is 0 Å². The molecule has 2 rings (SSSR count). The van der Waals surface area contributed by atoms with Crippen molar-refractivity contribution in [2.45, 2.75) is 24.5 Å². The minimum absolute atomic E-state index is 0.00579. The quantitative estimate of drug-likeness (QED) is 0.896. The van der Waals surface area contributed by atoms with E-state index < -0.39 is 0 Å². The summed E-state index contributed by atoms with van der Waals surface area (Å²) in [6.45, 7) is 1.52. The van der Waals surface area contributed by atoms with Crippen molar-refractivity contribution in [3.05, 3.63) is 30.3 Å². The summed E-state index contributed by atoms with van der Waals surface area (Å²) in [4.78, 5) is 25.9. The van der Waals surface area contributed by atoms with Gasteiger partial charge in [-0.1, -0.05) is 24.6 Å². The van der Waals surface area contributed by atoms with E-state index >= 15 is 0 Å².